The molecule has 1 unspecified atom stereocenters. The molecule has 0 aromatic heterocycles. The SMILES string of the molecule is COc1ccc(S(=O)(=O)NCC2CCNC2)cc1Cl. The van der Waals surface area contributed by atoms with E-state index >= 15 is 0 Å². The molecule has 1 saturated heterocycles. The van der Waals surface area contributed by atoms with Gasteiger partial charge in [-0.3, -0.25) is 0 Å². The number of hydrogen-bond acceptors (Lipinski definition) is 4. The van der Waals surface area contributed by atoms with Crippen LogP contribution in [0.25, 0.3) is 0 Å². The largest absolute Gasteiger partial charge is 0.495 e. The lowest BCUT2D eigenvalue weighted by Crippen LogP contribution is -2.30. The first-order valence-corrected chi connectivity index (χ1v) is 7.93. The first kappa shape index (κ1) is 14.6. The van der Waals surface area contributed by atoms with E-state index in [1.54, 1.807) is 6.07 Å². The van der Waals surface area contributed by atoms with Gasteiger partial charge < -0.3 is 10.1 Å². The minimum atomic E-state index is -3.51. The van der Waals surface area contributed by atoms with Crippen molar-refractivity contribution >= 4 is 21.6 Å². The van der Waals surface area contributed by atoms with E-state index in [0.29, 0.717) is 18.2 Å². The molecule has 0 saturated carbocycles. The molecule has 0 bridgehead atoms. The van der Waals surface area contributed by atoms with E-state index in [-0.39, 0.29) is 9.92 Å². The Balaban J connectivity index is 2.08. The maximum absolute atomic E-state index is 12.1. The second-order valence-electron chi connectivity index (χ2n) is 4.51. The van der Waals surface area contributed by atoms with Crippen LogP contribution < -0.4 is 14.8 Å². The van der Waals surface area contributed by atoms with Crippen LogP contribution in [0, 0.1) is 5.92 Å². The summed E-state index contributed by atoms with van der Waals surface area (Å²) in [4.78, 5) is 0.157. The highest BCUT2D eigenvalue weighted by Crippen LogP contribution is 2.26. The van der Waals surface area contributed by atoms with Crippen LogP contribution in [0.2, 0.25) is 5.02 Å². The van der Waals surface area contributed by atoms with Crippen molar-refractivity contribution in [3.05, 3.63) is 23.2 Å². The van der Waals surface area contributed by atoms with Gasteiger partial charge in [0, 0.05) is 6.54 Å². The van der Waals surface area contributed by atoms with Gasteiger partial charge in [-0.2, -0.15) is 0 Å². The molecule has 0 radical (unpaired) electrons. The topological polar surface area (TPSA) is 67.4 Å². The van der Waals surface area contributed by atoms with Crippen LogP contribution in [-0.4, -0.2) is 35.2 Å². The first-order valence-electron chi connectivity index (χ1n) is 6.07. The molecule has 106 valence electrons. The quantitative estimate of drug-likeness (QED) is 0.859. The lowest BCUT2D eigenvalue weighted by Gasteiger charge is -2.11. The number of benzene rings is 1. The summed E-state index contributed by atoms with van der Waals surface area (Å²) in [7, 11) is -2.03. The molecule has 2 N–H and O–H groups in total. The highest BCUT2D eigenvalue weighted by atomic mass is 35.5. The monoisotopic (exact) mass is 304 g/mol. The predicted molar refractivity (Wildman–Crippen MR) is 74.2 cm³/mol. The number of rotatable bonds is 5. The number of ether oxygens (including phenoxy) is 1. The zero-order chi connectivity index (χ0) is 13.9. The third-order valence-electron chi connectivity index (χ3n) is 3.16. The summed E-state index contributed by atoms with van der Waals surface area (Å²) in [5, 5.41) is 3.49. The Morgan fingerprint density at radius 2 is 2.32 bits per heavy atom. The summed E-state index contributed by atoms with van der Waals surface area (Å²) in [5.41, 5.74) is 0. The average molecular weight is 305 g/mol. The van der Waals surface area contributed by atoms with Gasteiger partial charge in [0.25, 0.3) is 0 Å². The number of halogens is 1. The van der Waals surface area contributed by atoms with Crippen molar-refractivity contribution in [1.29, 1.82) is 0 Å². The number of nitrogens with one attached hydrogen (secondary N) is 2. The summed E-state index contributed by atoms with van der Waals surface area (Å²) >= 11 is 5.94. The molecule has 1 heterocycles. The van der Waals surface area contributed by atoms with E-state index in [4.69, 9.17) is 16.3 Å². The van der Waals surface area contributed by atoms with Crippen molar-refractivity contribution in [2.24, 2.45) is 5.92 Å². The Morgan fingerprint density at radius 3 is 2.89 bits per heavy atom. The van der Waals surface area contributed by atoms with Crippen molar-refractivity contribution in [2.45, 2.75) is 11.3 Å². The first-order chi connectivity index (χ1) is 9.03. The van der Waals surface area contributed by atoms with Crippen LogP contribution in [0.15, 0.2) is 23.1 Å². The van der Waals surface area contributed by atoms with Gasteiger partial charge in [0.15, 0.2) is 0 Å². The molecule has 0 amide bonds. The summed E-state index contributed by atoms with van der Waals surface area (Å²) < 4.78 is 31.8. The predicted octanol–water partition coefficient (Wildman–Crippen LogP) is 1.24. The number of methoxy groups -OCH3 is 1. The Kier molecular flexibility index (Phi) is 4.67. The molecular weight excluding hydrogens is 288 g/mol. The summed E-state index contributed by atoms with van der Waals surface area (Å²) in [6.45, 7) is 2.24. The zero-order valence-corrected chi connectivity index (χ0v) is 12.2. The van der Waals surface area contributed by atoms with Crippen molar-refractivity contribution < 1.29 is 13.2 Å². The van der Waals surface area contributed by atoms with Gasteiger partial charge in [0.1, 0.15) is 5.75 Å². The van der Waals surface area contributed by atoms with E-state index in [0.717, 1.165) is 19.5 Å². The zero-order valence-electron chi connectivity index (χ0n) is 10.6. The second kappa shape index (κ2) is 6.09. The molecule has 5 nitrogen and oxygen atoms in total. The van der Waals surface area contributed by atoms with Crippen molar-refractivity contribution in [3.8, 4) is 5.75 Å². The highest BCUT2D eigenvalue weighted by Gasteiger charge is 2.20. The van der Waals surface area contributed by atoms with Crippen LogP contribution in [0.5, 0.6) is 5.75 Å². The molecule has 1 aromatic carbocycles. The number of sulfonamides is 1. The van der Waals surface area contributed by atoms with Crippen LogP contribution in [0.1, 0.15) is 6.42 Å². The number of hydrogen-bond donors (Lipinski definition) is 2. The minimum absolute atomic E-state index is 0.157. The molecule has 1 atom stereocenters. The maximum Gasteiger partial charge on any atom is 0.240 e. The Labute approximate surface area is 118 Å². The smallest absolute Gasteiger partial charge is 0.240 e. The second-order valence-corrected chi connectivity index (χ2v) is 6.68. The minimum Gasteiger partial charge on any atom is -0.495 e. The van der Waals surface area contributed by atoms with Gasteiger partial charge in [-0.15, -0.1) is 0 Å². The van der Waals surface area contributed by atoms with Gasteiger partial charge in [0.2, 0.25) is 10.0 Å². The summed E-state index contributed by atoms with van der Waals surface area (Å²) in [6, 6.07) is 4.43. The third-order valence-corrected chi connectivity index (χ3v) is 4.87. The highest BCUT2D eigenvalue weighted by molar-refractivity contribution is 7.89. The lowest BCUT2D eigenvalue weighted by atomic mass is 10.1. The van der Waals surface area contributed by atoms with E-state index < -0.39 is 10.0 Å². The normalized spacial score (nSPS) is 19.6. The molecule has 0 spiro atoms. The third kappa shape index (κ3) is 3.60. The molecule has 1 fully saturated rings. The van der Waals surface area contributed by atoms with E-state index in [9.17, 15) is 8.42 Å². The molecule has 0 aliphatic carbocycles. The standard InChI is InChI=1S/C12H17ClN2O3S/c1-18-12-3-2-10(6-11(12)13)19(16,17)15-8-9-4-5-14-7-9/h2-3,6,9,14-15H,4-5,7-8H2,1H3. The van der Waals surface area contributed by atoms with Crippen molar-refractivity contribution in [2.75, 3.05) is 26.7 Å². The Morgan fingerprint density at radius 1 is 1.53 bits per heavy atom. The molecular formula is C12H17ClN2O3S. The van der Waals surface area contributed by atoms with Gasteiger partial charge in [-0.25, -0.2) is 13.1 Å². The van der Waals surface area contributed by atoms with Crippen molar-refractivity contribution in [1.82, 2.24) is 10.0 Å². The Bertz CT molecular complexity index is 542. The molecule has 1 aliphatic heterocycles. The fourth-order valence-corrected chi connectivity index (χ4v) is 3.48. The van der Waals surface area contributed by atoms with Crippen LogP contribution in [-0.2, 0) is 10.0 Å². The van der Waals surface area contributed by atoms with Crippen LogP contribution in [0.3, 0.4) is 0 Å². The lowest BCUT2D eigenvalue weighted by molar-refractivity contribution is 0.414. The molecule has 2 rings (SSSR count). The fraction of sp³-hybridized carbons (Fsp3) is 0.500. The summed E-state index contributed by atoms with van der Waals surface area (Å²) in [6.07, 6.45) is 0.992. The average Bonchev–Trinajstić information content (AvgIpc) is 2.89. The molecule has 7 heteroatoms. The van der Waals surface area contributed by atoms with Crippen LogP contribution >= 0.6 is 11.6 Å². The van der Waals surface area contributed by atoms with Crippen LogP contribution in [0.4, 0.5) is 0 Å². The summed E-state index contributed by atoms with van der Waals surface area (Å²) in [5.74, 6) is 0.809. The maximum atomic E-state index is 12.1. The van der Waals surface area contributed by atoms with Gasteiger partial charge >= 0.3 is 0 Å². The van der Waals surface area contributed by atoms with Gasteiger partial charge in [0.05, 0.1) is 17.0 Å². The van der Waals surface area contributed by atoms with E-state index in [1.165, 1.54) is 19.2 Å². The van der Waals surface area contributed by atoms with Gasteiger partial charge in [-0.05, 0) is 43.6 Å². The Hall–Kier alpha value is -0.820. The van der Waals surface area contributed by atoms with E-state index in [2.05, 4.69) is 10.0 Å². The van der Waals surface area contributed by atoms with Gasteiger partial charge in [-0.1, -0.05) is 11.6 Å². The fourth-order valence-electron chi connectivity index (χ4n) is 2.01. The van der Waals surface area contributed by atoms with Crippen molar-refractivity contribution in [3.63, 3.8) is 0 Å². The molecule has 1 aromatic rings. The molecule has 19 heavy (non-hydrogen) atoms. The van der Waals surface area contributed by atoms with E-state index in [1.807, 2.05) is 0 Å². The molecule has 1 aliphatic rings.